The molecule has 2 amide bonds. The third-order valence-corrected chi connectivity index (χ3v) is 6.87. The number of carbonyl (C=O) groups is 2. The minimum absolute atomic E-state index is 0.0496. The number of aromatic nitrogens is 2. The summed E-state index contributed by atoms with van der Waals surface area (Å²) in [5.41, 5.74) is 1.50. The van der Waals surface area contributed by atoms with Crippen LogP contribution >= 0.6 is 11.6 Å². The van der Waals surface area contributed by atoms with Gasteiger partial charge in [-0.3, -0.25) is 9.89 Å². The van der Waals surface area contributed by atoms with Crippen molar-refractivity contribution in [2.45, 2.75) is 31.9 Å². The lowest BCUT2D eigenvalue weighted by molar-refractivity contribution is -0.137. The molecule has 0 saturated carbocycles. The Morgan fingerprint density at radius 3 is 2.42 bits per heavy atom. The lowest BCUT2D eigenvalue weighted by Gasteiger charge is -2.12. The molecule has 1 heterocycles. The summed E-state index contributed by atoms with van der Waals surface area (Å²) in [6.07, 6.45) is -1.73. The van der Waals surface area contributed by atoms with Gasteiger partial charge in [-0.05, 0) is 72.9 Å². The van der Waals surface area contributed by atoms with Crippen LogP contribution in [0.15, 0.2) is 60.8 Å². The fourth-order valence-electron chi connectivity index (χ4n) is 4.40. The maximum atomic E-state index is 14.4. The summed E-state index contributed by atoms with van der Waals surface area (Å²) in [4.78, 5) is 25.4. The van der Waals surface area contributed by atoms with Gasteiger partial charge >= 0.3 is 12.2 Å². The first-order valence-corrected chi connectivity index (χ1v) is 13.3. The fourth-order valence-corrected chi connectivity index (χ4v) is 4.62. The van der Waals surface area contributed by atoms with E-state index in [2.05, 4.69) is 20.8 Å². The van der Waals surface area contributed by atoms with Crippen molar-refractivity contribution in [3.63, 3.8) is 0 Å². The van der Waals surface area contributed by atoms with Gasteiger partial charge in [0.25, 0.3) is 0 Å². The van der Waals surface area contributed by atoms with Crippen LogP contribution in [0.3, 0.4) is 0 Å². The Bertz CT molecular complexity index is 1620. The van der Waals surface area contributed by atoms with Crippen molar-refractivity contribution in [3.05, 3.63) is 99.6 Å². The summed E-state index contributed by atoms with van der Waals surface area (Å²) < 4.78 is 63.6. The second-order valence-corrected chi connectivity index (χ2v) is 9.90. The van der Waals surface area contributed by atoms with Gasteiger partial charge in [0.15, 0.2) is 5.78 Å². The maximum absolute atomic E-state index is 14.4. The number of aryl methyl sites for hydroxylation is 3. The first-order chi connectivity index (χ1) is 20.5. The Hall–Kier alpha value is -4.58. The molecule has 3 aromatic carbocycles. The number of benzene rings is 3. The lowest BCUT2D eigenvalue weighted by atomic mass is 10.00. The van der Waals surface area contributed by atoms with E-state index in [9.17, 15) is 27.2 Å². The van der Waals surface area contributed by atoms with Gasteiger partial charge in [0, 0.05) is 23.7 Å². The number of alkyl halides is 3. The molecule has 0 fully saturated rings. The molecule has 0 aliphatic rings. The quantitative estimate of drug-likeness (QED) is 0.119. The first-order valence-electron chi connectivity index (χ1n) is 13.0. The number of Topliss-reactive ketones (excluding diaryl/α,β-unsaturated/α-hetero) is 1. The average molecular weight is 619 g/mol. The van der Waals surface area contributed by atoms with Gasteiger partial charge in [-0.1, -0.05) is 17.7 Å². The van der Waals surface area contributed by atoms with E-state index in [4.69, 9.17) is 21.1 Å². The van der Waals surface area contributed by atoms with E-state index in [0.717, 1.165) is 23.8 Å². The molecule has 0 bridgehead atoms. The van der Waals surface area contributed by atoms with Crippen LogP contribution in [0.5, 0.6) is 11.5 Å². The molecule has 4 rings (SSSR count). The zero-order valence-corrected chi connectivity index (χ0v) is 23.8. The van der Waals surface area contributed by atoms with Crippen molar-refractivity contribution < 1.29 is 36.6 Å². The van der Waals surface area contributed by atoms with Gasteiger partial charge in [0.1, 0.15) is 23.0 Å². The van der Waals surface area contributed by atoms with Crippen LogP contribution in [0.2, 0.25) is 5.02 Å². The molecule has 226 valence electrons. The normalized spacial score (nSPS) is 11.2. The highest BCUT2D eigenvalue weighted by atomic mass is 35.5. The van der Waals surface area contributed by atoms with Crippen LogP contribution in [0.25, 0.3) is 0 Å². The topological polar surface area (TPSA) is 105 Å². The average Bonchev–Trinajstić information content (AvgIpc) is 3.43. The second kappa shape index (κ2) is 13.6. The predicted octanol–water partition coefficient (Wildman–Crippen LogP) is 7.48. The van der Waals surface area contributed by atoms with E-state index in [-0.39, 0.29) is 28.6 Å². The fraction of sp³-hybridized carbons (Fsp3) is 0.233. The van der Waals surface area contributed by atoms with Crippen molar-refractivity contribution in [1.29, 1.82) is 0 Å². The van der Waals surface area contributed by atoms with E-state index in [1.54, 1.807) is 38.6 Å². The van der Waals surface area contributed by atoms with Crippen molar-refractivity contribution in [2.75, 3.05) is 24.9 Å². The molecule has 0 atom stereocenters. The highest BCUT2D eigenvalue weighted by Crippen LogP contribution is 2.34. The number of H-pyrrole nitrogens is 1. The number of carbonyl (C=O) groups excluding carboxylic acids is 2. The van der Waals surface area contributed by atoms with Gasteiger partial charge in [-0.2, -0.15) is 18.3 Å². The van der Waals surface area contributed by atoms with E-state index < -0.39 is 23.6 Å². The zero-order valence-electron chi connectivity index (χ0n) is 23.1. The van der Waals surface area contributed by atoms with Crippen molar-refractivity contribution in [3.8, 4) is 11.5 Å². The highest BCUT2D eigenvalue weighted by Gasteiger charge is 2.31. The Labute approximate surface area is 249 Å². The largest absolute Gasteiger partial charge is 0.497 e. The van der Waals surface area contributed by atoms with Gasteiger partial charge < -0.3 is 20.1 Å². The van der Waals surface area contributed by atoms with Crippen LogP contribution < -0.4 is 20.1 Å². The molecule has 0 aliphatic carbocycles. The predicted molar refractivity (Wildman–Crippen MR) is 154 cm³/mol. The van der Waals surface area contributed by atoms with E-state index >= 15 is 0 Å². The molecule has 0 radical (unpaired) electrons. The number of halogens is 5. The number of rotatable bonds is 11. The Morgan fingerprint density at radius 2 is 1.72 bits per heavy atom. The third-order valence-electron chi connectivity index (χ3n) is 6.56. The third kappa shape index (κ3) is 8.25. The molecule has 3 N–H and O–H groups in total. The molecule has 0 spiro atoms. The molecule has 13 heteroatoms. The monoisotopic (exact) mass is 618 g/mol. The number of ether oxygens (including phenoxy) is 2. The smallest absolute Gasteiger partial charge is 0.416 e. The van der Waals surface area contributed by atoms with Crippen LogP contribution in [0.1, 0.15) is 39.2 Å². The number of hydrogen-bond acceptors (Lipinski definition) is 5. The summed E-state index contributed by atoms with van der Waals surface area (Å²) in [6, 6.07) is 11.0. The minimum Gasteiger partial charge on any atom is -0.497 e. The number of urea groups is 1. The van der Waals surface area contributed by atoms with E-state index in [0.29, 0.717) is 53.6 Å². The molecular formula is C30H27ClF4N4O4. The Balaban J connectivity index is 1.37. The number of nitrogens with zero attached hydrogens (tertiary/aromatic N) is 1. The van der Waals surface area contributed by atoms with Crippen LogP contribution in [-0.4, -0.2) is 36.2 Å². The SMILES string of the molecule is COc1ccc(CCC(=O)c2[nH]ncc2CCc2cc(F)cc(NC(=O)Nc3ccc(C(F)(F)F)cc3Cl)c2)c(OC)c1. The van der Waals surface area contributed by atoms with E-state index in [1.807, 2.05) is 6.07 Å². The number of amides is 2. The van der Waals surface area contributed by atoms with Crippen molar-refractivity contribution >= 4 is 34.8 Å². The molecule has 0 aliphatic heterocycles. The molecule has 0 saturated heterocycles. The number of anilines is 2. The summed E-state index contributed by atoms with van der Waals surface area (Å²) in [6.45, 7) is 0. The standard InChI is InChI=1S/C30H27ClF4N4O4/c1-42-23-8-5-18(27(15-23)43-2)6-10-26(40)28-19(16-36-39-28)4-3-17-11-21(32)14-22(12-17)37-29(41)38-25-9-7-20(13-24(25)31)30(33,34)35/h5,7-9,11-16H,3-4,6,10H2,1-2H3,(H,36,39)(H2,37,38,41). The molecule has 1 aromatic heterocycles. The second-order valence-electron chi connectivity index (χ2n) is 9.49. The lowest BCUT2D eigenvalue weighted by Crippen LogP contribution is -2.20. The highest BCUT2D eigenvalue weighted by molar-refractivity contribution is 6.33. The maximum Gasteiger partial charge on any atom is 0.416 e. The summed E-state index contributed by atoms with van der Waals surface area (Å²) in [5.74, 6) is 0.495. The number of aromatic amines is 1. The van der Waals surface area contributed by atoms with Gasteiger partial charge in [0.05, 0.1) is 36.7 Å². The molecular weight excluding hydrogens is 592 g/mol. The summed E-state index contributed by atoms with van der Waals surface area (Å²) >= 11 is 5.89. The van der Waals surface area contributed by atoms with E-state index in [1.165, 1.54) is 6.07 Å². The van der Waals surface area contributed by atoms with Gasteiger partial charge in [-0.25, -0.2) is 9.18 Å². The molecule has 43 heavy (non-hydrogen) atoms. The van der Waals surface area contributed by atoms with Crippen LogP contribution in [0, 0.1) is 5.82 Å². The number of nitrogens with one attached hydrogen (secondary N) is 3. The zero-order chi connectivity index (χ0) is 31.1. The van der Waals surface area contributed by atoms with Crippen molar-refractivity contribution in [1.82, 2.24) is 10.2 Å². The van der Waals surface area contributed by atoms with Gasteiger partial charge in [0.2, 0.25) is 0 Å². The van der Waals surface area contributed by atoms with Crippen LogP contribution in [-0.2, 0) is 25.4 Å². The molecule has 0 unspecified atom stereocenters. The summed E-state index contributed by atoms with van der Waals surface area (Å²) in [7, 11) is 3.10. The molecule has 8 nitrogen and oxygen atoms in total. The van der Waals surface area contributed by atoms with Crippen molar-refractivity contribution in [2.24, 2.45) is 0 Å². The Morgan fingerprint density at radius 1 is 0.930 bits per heavy atom. The Kier molecular flexibility index (Phi) is 9.92. The number of ketones is 1. The number of hydrogen-bond donors (Lipinski definition) is 3. The van der Waals surface area contributed by atoms with Crippen LogP contribution in [0.4, 0.5) is 33.7 Å². The first kappa shape index (κ1) is 31.4. The molecule has 4 aromatic rings. The number of methoxy groups -OCH3 is 2. The summed E-state index contributed by atoms with van der Waals surface area (Å²) in [5, 5.41) is 11.3. The minimum atomic E-state index is -4.59. The van der Waals surface area contributed by atoms with Gasteiger partial charge in [-0.15, -0.1) is 0 Å².